The van der Waals surface area contributed by atoms with Crippen molar-refractivity contribution in [3.8, 4) is 0 Å². The zero-order valence-corrected chi connectivity index (χ0v) is 20.6. The van der Waals surface area contributed by atoms with E-state index in [1.807, 2.05) is 61.7 Å². The highest BCUT2D eigenvalue weighted by molar-refractivity contribution is 14.1. The van der Waals surface area contributed by atoms with Crippen LogP contribution < -0.4 is 5.32 Å². The Morgan fingerprint density at radius 3 is 2.71 bits per heavy atom. The second-order valence-electron chi connectivity index (χ2n) is 6.93. The molecule has 7 heteroatoms. The largest absolute Gasteiger partial charge is 0.349 e. The first-order valence-electron chi connectivity index (χ1n) is 9.74. The van der Waals surface area contributed by atoms with Crippen LogP contribution in [-0.2, 0) is 4.79 Å². The zero-order chi connectivity index (χ0) is 21.6. The van der Waals surface area contributed by atoms with E-state index in [0.29, 0.717) is 5.75 Å². The molecule has 1 N–H and O–H groups in total. The van der Waals surface area contributed by atoms with Gasteiger partial charge in [0.15, 0.2) is 4.34 Å². The van der Waals surface area contributed by atoms with Crippen LogP contribution in [-0.4, -0.2) is 22.9 Å². The van der Waals surface area contributed by atoms with Crippen LogP contribution in [0.2, 0.25) is 0 Å². The first-order valence-corrected chi connectivity index (χ1v) is 12.6. The minimum absolute atomic E-state index is 0.00317. The van der Waals surface area contributed by atoms with Crippen LogP contribution >= 0.6 is 45.7 Å². The van der Waals surface area contributed by atoms with E-state index in [4.69, 9.17) is 0 Å². The Labute approximate surface area is 203 Å². The molecule has 0 aliphatic heterocycles. The lowest BCUT2D eigenvalue weighted by Crippen LogP contribution is -2.28. The predicted octanol–water partition coefficient (Wildman–Crippen LogP) is 6.62. The number of rotatable bonds is 7. The summed E-state index contributed by atoms with van der Waals surface area (Å²) in [5.41, 5.74) is 3.98. The molecule has 0 saturated heterocycles. The molecular weight excluding hydrogens is 537 g/mol. The second kappa shape index (κ2) is 10.4. The summed E-state index contributed by atoms with van der Waals surface area (Å²) in [5.74, 6) is 0.345. The number of aliphatic imine (C=N–C) groups is 1. The number of halogens is 1. The Balaban J connectivity index is 1.36. The van der Waals surface area contributed by atoms with Gasteiger partial charge in [0.25, 0.3) is 0 Å². The molecule has 0 radical (unpaired) electrons. The number of hydrogen-bond acceptors (Lipinski definition) is 5. The van der Waals surface area contributed by atoms with E-state index in [-0.39, 0.29) is 11.9 Å². The summed E-state index contributed by atoms with van der Waals surface area (Å²) >= 11 is 5.34. The van der Waals surface area contributed by atoms with E-state index in [9.17, 15) is 4.79 Å². The standard InChI is InChI=1S/C24H20IN3OS2/c1-16(18-5-3-2-4-6-18)27-23(29)15-30-24-28-21-12-11-20(13-22(21)31-24)26-14-17-7-9-19(25)10-8-17/h2-14,16H,15H2,1H3,(H,27,29). The van der Waals surface area contributed by atoms with Gasteiger partial charge in [-0.2, -0.15) is 0 Å². The quantitative estimate of drug-likeness (QED) is 0.158. The van der Waals surface area contributed by atoms with Crippen molar-refractivity contribution in [1.29, 1.82) is 0 Å². The normalized spacial score (nSPS) is 12.3. The summed E-state index contributed by atoms with van der Waals surface area (Å²) in [4.78, 5) is 21.6. The number of amides is 1. The van der Waals surface area contributed by atoms with Gasteiger partial charge in [0, 0.05) is 9.78 Å². The molecule has 1 aromatic heterocycles. The number of hydrogen-bond donors (Lipinski definition) is 1. The van der Waals surface area contributed by atoms with Crippen LogP contribution in [0.15, 0.2) is 82.1 Å². The summed E-state index contributed by atoms with van der Waals surface area (Å²) in [6.45, 7) is 1.99. The van der Waals surface area contributed by atoms with Gasteiger partial charge in [0.1, 0.15) is 0 Å². The molecule has 4 nitrogen and oxygen atoms in total. The molecule has 0 aliphatic carbocycles. The lowest BCUT2D eigenvalue weighted by molar-refractivity contribution is -0.119. The topological polar surface area (TPSA) is 54.4 Å². The molecule has 3 aromatic carbocycles. The minimum Gasteiger partial charge on any atom is -0.349 e. The van der Waals surface area contributed by atoms with Gasteiger partial charge < -0.3 is 5.32 Å². The smallest absolute Gasteiger partial charge is 0.230 e. The summed E-state index contributed by atoms with van der Waals surface area (Å²) < 4.78 is 3.16. The Bertz CT molecular complexity index is 1210. The first kappa shape index (κ1) is 22.0. The fourth-order valence-corrected chi connectivity index (χ4v) is 5.24. The highest BCUT2D eigenvalue weighted by Crippen LogP contribution is 2.32. The summed E-state index contributed by atoms with van der Waals surface area (Å²) in [6.07, 6.45) is 1.87. The van der Waals surface area contributed by atoms with Crippen molar-refractivity contribution >= 4 is 73.7 Å². The van der Waals surface area contributed by atoms with Crippen LogP contribution in [0.1, 0.15) is 24.1 Å². The van der Waals surface area contributed by atoms with Crippen molar-refractivity contribution in [3.05, 3.63) is 87.5 Å². The molecule has 4 aromatic rings. The number of carbonyl (C=O) groups excluding carboxylic acids is 1. The summed E-state index contributed by atoms with van der Waals surface area (Å²) in [5, 5.41) is 3.04. The molecule has 1 unspecified atom stereocenters. The van der Waals surface area contributed by atoms with Gasteiger partial charge in [-0.1, -0.05) is 54.2 Å². The average molecular weight is 557 g/mol. The minimum atomic E-state index is -0.0156. The molecule has 0 aliphatic rings. The third-order valence-corrected chi connectivity index (χ3v) is 7.47. The fraction of sp³-hybridized carbons (Fsp3) is 0.125. The Kier molecular flexibility index (Phi) is 7.37. The molecule has 0 spiro atoms. The van der Waals surface area contributed by atoms with Gasteiger partial charge in [0.2, 0.25) is 5.91 Å². The highest BCUT2D eigenvalue weighted by atomic mass is 127. The van der Waals surface area contributed by atoms with Crippen LogP contribution in [0.5, 0.6) is 0 Å². The van der Waals surface area contributed by atoms with E-state index in [1.165, 1.54) is 15.3 Å². The number of thioether (sulfide) groups is 1. The maximum atomic E-state index is 12.3. The molecule has 0 bridgehead atoms. The molecule has 1 atom stereocenters. The fourth-order valence-electron chi connectivity index (χ4n) is 2.97. The molecule has 31 heavy (non-hydrogen) atoms. The van der Waals surface area contributed by atoms with Crippen LogP contribution in [0.25, 0.3) is 10.2 Å². The number of nitrogens with one attached hydrogen (secondary N) is 1. The SMILES string of the molecule is CC(NC(=O)CSc1nc2ccc(N=Cc3ccc(I)cc3)cc2s1)c1ccccc1. The summed E-state index contributed by atoms with van der Waals surface area (Å²) in [6, 6.07) is 24.2. The first-order chi connectivity index (χ1) is 15.1. The number of thiazole rings is 1. The van der Waals surface area contributed by atoms with Gasteiger partial charge in [-0.3, -0.25) is 9.79 Å². The monoisotopic (exact) mass is 557 g/mol. The summed E-state index contributed by atoms with van der Waals surface area (Å²) in [7, 11) is 0. The average Bonchev–Trinajstić information content (AvgIpc) is 3.20. The number of nitrogens with zero attached hydrogens (tertiary/aromatic N) is 2. The Morgan fingerprint density at radius 1 is 1.16 bits per heavy atom. The maximum Gasteiger partial charge on any atom is 0.230 e. The van der Waals surface area contributed by atoms with Crippen molar-refractivity contribution in [2.75, 3.05) is 5.75 Å². The van der Waals surface area contributed by atoms with Crippen molar-refractivity contribution in [2.45, 2.75) is 17.3 Å². The molecule has 156 valence electrons. The third kappa shape index (κ3) is 6.15. The third-order valence-electron chi connectivity index (χ3n) is 4.59. The molecule has 1 amide bonds. The van der Waals surface area contributed by atoms with Gasteiger partial charge in [-0.15, -0.1) is 11.3 Å². The lowest BCUT2D eigenvalue weighted by Gasteiger charge is -2.13. The van der Waals surface area contributed by atoms with E-state index in [2.05, 4.69) is 62.1 Å². The highest BCUT2D eigenvalue weighted by Gasteiger charge is 2.11. The van der Waals surface area contributed by atoms with Gasteiger partial charge in [-0.05, 0) is 71.0 Å². The van der Waals surface area contributed by atoms with Gasteiger partial charge >= 0.3 is 0 Å². The molecule has 0 fully saturated rings. The van der Waals surface area contributed by atoms with Crippen LogP contribution in [0.3, 0.4) is 0 Å². The van der Waals surface area contributed by atoms with Gasteiger partial charge in [-0.25, -0.2) is 4.98 Å². The van der Waals surface area contributed by atoms with Crippen LogP contribution in [0, 0.1) is 3.57 Å². The molecule has 0 saturated carbocycles. The Hall–Kier alpha value is -2.23. The van der Waals surface area contributed by atoms with E-state index in [0.717, 1.165) is 31.4 Å². The van der Waals surface area contributed by atoms with Crippen molar-refractivity contribution < 1.29 is 4.79 Å². The van der Waals surface area contributed by atoms with Crippen molar-refractivity contribution in [3.63, 3.8) is 0 Å². The number of carbonyl (C=O) groups is 1. The second-order valence-corrected chi connectivity index (χ2v) is 10.4. The predicted molar refractivity (Wildman–Crippen MR) is 140 cm³/mol. The van der Waals surface area contributed by atoms with E-state index in [1.54, 1.807) is 11.3 Å². The van der Waals surface area contributed by atoms with Crippen molar-refractivity contribution in [2.24, 2.45) is 4.99 Å². The van der Waals surface area contributed by atoms with Crippen LogP contribution in [0.4, 0.5) is 5.69 Å². The maximum absolute atomic E-state index is 12.3. The molecular formula is C24H20IN3OS2. The number of benzene rings is 3. The number of aromatic nitrogens is 1. The Morgan fingerprint density at radius 2 is 1.94 bits per heavy atom. The lowest BCUT2D eigenvalue weighted by atomic mass is 10.1. The molecule has 4 rings (SSSR count). The van der Waals surface area contributed by atoms with E-state index < -0.39 is 0 Å². The molecule has 1 heterocycles. The zero-order valence-electron chi connectivity index (χ0n) is 16.8. The van der Waals surface area contributed by atoms with Crippen molar-refractivity contribution in [1.82, 2.24) is 10.3 Å². The van der Waals surface area contributed by atoms with Gasteiger partial charge in [0.05, 0.1) is 27.7 Å². The number of fused-ring (bicyclic) bond motifs is 1. The van der Waals surface area contributed by atoms with E-state index >= 15 is 0 Å².